The molecule has 86 valence electrons. The lowest BCUT2D eigenvalue weighted by Gasteiger charge is -2.15. The number of hydrogen-bond acceptors (Lipinski definition) is 3. The average molecular weight is 242 g/mol. The van der Waals surface area contributed by atoms with Crippen molar-refractivity contribution < 1.29 is 17.6 Å². The molecule has 0 fully saturated rings. The van der Waals surface area contributed by atoms with Gasteiger partial charge in [0, 0.05) is 11.9 Å². The van der Waals surface area contributed by atoms with E-state index in [1.54, 1.807) is 12.3 Å². The monoisotopic (exact) mass is 242 g/mol. The van der Waals surface area contributed by atoms with Crippen molar-refractivity contribution in [2.75, 3.05) is 6.54 Å². The number of thiazole rings is 1. The SMILES string of the molecule is Cc1nc(CNCC(F)(F)C(F)F)cs1. The minimum absolute atomic E-state index is 0.0760. The maximum atomic E-state index is 12.4. The van der Waals surface area contributed by atoms with Crippen LogP contribution in [0.3, 0.4) is 0 Å². The van der Waals surface area contributed by atoms with Gasteiger partial charge < -0.3 is 5.32 Å². The van der Waals surface area contributed by atoms with Crippen LogP contribution in [0.2, 0.25) is 0 Å². The Morgan fingerprint density at radius 1 is 1.53 bits per heavy atom. The molecule has 0 aliphatic carbocycles. The molecule has 2 nitrogen and oxygen atoms in total. The van der Waals surface area contributed by atoms with Gasteiger partial charge in [0.15, 0.2) is 0 Å². The molecule has 1 aromatic rings. The van der Waals surface area contributed by atoms with Crippen LogP contribution in [0.5, 0.6) is 0 Å². The van der Waals surface area contributed by atoms with Crippen LogP contribution < -0.4 is 5.32 Å². The number of hydrogen-bond donors (Lipinski definition) is 1. The van der Waals surface area contributed by atoms with Crippen molar-refractivity contribution in [3.05, 3.63) is 16.1 Å². The first kappa shape index (κ1) is 12.4. The number of aromatic nitrogens is 1. The molecule has 0 aliphatic rings. The lowest BCUT2D eigenvalue weighted by molar-refractivity contribution is -0.125. The second-order valence-corrected chi connectivity index (χ2v) is 4.09. The summed E-state index contributed by atoms with van der Waals surface area (Å²) < 4.78 is 48.3. The number of alkyl halides is 4. The summed E-state index contributed by atoms with van der Waals surface area (Å²) in [4.78, 5) is 4.00. The summed E-state index contributed by atoms with van der Waals surface area (Å²) in [5, 5.41) is 4.76. The van der Waals surface area contributed by atoms with Crippen LogP contribution in [-0.2, 0) is 6.54 Å². The van der Waals surface area contributed by atoms with Crippen molar-refractivity contribution in [3.8, 4) is 0 Å². The molecule has 0 saturated heterocycles. The first-order chi connectivity index (χ1) is 6.92. The Morgan fingerprint density at radius 3 is 2.67 bits per heavy atom. The second kappa shape index (κ2) is 4.89. The first-order valence-electron chi connectivity index (χ1n) is 4.19. The Bertz CT molecular complexity index is 313. The van der Waals surface area contributed by atoms with Crippen molar-refractivity contribution >= 4 is 11.3 Å². The highest BCUT2D eigenvalue weighted by atomic mass is 32.1. The second-order valence-electron chi connectivity index (χ2n) is 3.02. The Balaban J connectivity index is 2.33. The standard InChI is InChI=1S/C8H10F4N2S/c1-5-14-6(3-15-5)2-13-4-8(11,12)7(9)10/h3,7,13H,2,4H2,1H3. The van der Waals surface area contributed by atoms with E-state index in [0.717, 1.165) is 5.01 Å². The van der Waals surface area contributed by atoms with Crippen LogP contribution in [0.1, 0.15) is 10.7 Å². The van der Waals surface area contributed by atoms with E-state index in [1.165, 1.54) is 11.3 Å². The lowest BCUT2D eigenvalue weighted by atomic mass is 10.3. The predicted molar refractivity (Wildman–Crippen MR) is 49.5 cm³/mol. The zero-order valence-corrected chi connectivity index (χ0v) is 8.75. The largest absolute Gasteiger partial charge is 0.319 e. The number of aryl methyl sites for hydroxylation is 1. The Morgan fingerprint density at radius 2 is 2.20 bits per heavy atom. The summed E-state index contributed by atoms with van der Waals surface area (Å²) in [6, 6.07) is 0. The minimum atomic E-state index is -3.98. The van der Waals surface area contributed by atoms with Gasteiger partial charge >= 0.3 is 12.3 Å². The maximum absolute atomic E-state index is 12.4. The summed E-state index contributed by atoms with van der Waals surface area (Å²) in [5.41, 5.74) is 0.586. The highest BCUT2D eigenvalue weighted by molar-refractivity contribution is 7.09. The molecular weight excluding hydrogens is 232 g/mol. The van der Waals surface area contributed by atoms with Gasteiger partial charge in [-0.2, -0.15) is 8.78 Å². The Kier molecular flexibility index (Phi) is 4.04. The van der Waals surface area contributed by atoms with Gasteiger partial charge in [-0.25, -0.2) is 13.8 Å². The first-order valence-corrected chi connectivity index (χ1v) is 5.07. The molecule has 0 radical (unpaired) electrons. The maximum Gasteiger partial charge on any atom is 0.319 e. The molecule has 7 heteroatoms. The van der Waals surface area contributed by atoms with Gasteiger partial charge in [-0.3, -0.25) is 0 Å². The fraction of sp³-hybridized carbons (Fsp3) is 0.625. The minimum Gasteiger partial charge on any atom is -0.305 e. The number of nitrogens with one attached hydrogen (secondary N) is 1. The highest BCUT2D eigenvalue weighted by Crippen LogP contribution is 2.21. The van der Waals surface area contributed by atoms with E-state index in [9.17, 15) is 17.6 Å². The third-order valence-corrected chi connectivity index (χ3v) is 2.47. The Labute approximate surface area is 88.3 Å². The van der Waals surface area contributed by atoms with Crippen molar-refractivity contribution in [1.29, 1.82) is 0 Å². The summed E-state index contributed by atoms with van der Waals surface area (Å²) >= 11 is 1.38. The molecule has 1 heterocycles. The highest BCUT2D eigenvalue weighted by Gasteiger charge is 2.39. The van der Waals surface area contributed by atoms with Crippen LogP contribution in [0.4, 0.5) is 17.6 Å². The zero-order valence-electron chi connectivity index (χ0n) is 7.94. The van der Waals surface area contributed by atoms with Gasteiger partial charge in [0.05, 0.1) is 17.2 Å². The molecule has 0 saturated carbocycles. The van der Waals surface area contributed by atoms with E-state index in [-0.39, 0.29) is 6.54 Å². The van der Waals surface area contributed by atoms with E-state index in [2.05, 4.69) is 10.3 Å². The van der Waals surface area contributed by atoms with Gasteiger partial charge in [-0.05, 0) is 6.92 Å². The van der Waals surface area contributed by atoms with Gasteiger partial charge in [0.25, 0.3) is 0 Å². The summed E-state index contributed by atoms with van der Waals surface area (Å²) in [7, 11) is 0. The van der Waals surface area contributed by atoms with E-state index in [1.807, 2.05) is 0 Å². The number of nitrogens with zero attached hydrogens (tertiary/aromatic N) is 1. The van der Waals surface area contributed by atoms with Crippen LogP contribution in [0, 0.1) is 6.92 Å². The predicted octanol–water partition coefficient (Wildman–Crippen LogP) is 2.44. The molecule has 0 bridgehead atoms. The molecule has 0 atom stereocenters. The van der Waals surface area contributed by atoms with Crippen LogP contribution in [0.15, 0.2) is 5.38 Å². The van der Waals surface area contributed by atoms with Gasteiger partial charge in [-0.1, -0.05) is 0 Å². The number of rotatable bonds is 5. The number of halogens is 4. The zero-order chi connectivity index (χ0) is 11.5. The van der Waals surface area contributed by atoms with Crippen molar-refractivity contribution in [2.24, 2.45) is 0 Å². The van der Waals surface area contributed by atoms with E-state index in [0.29, 0.717) is 5.69 Å². The molecule has 0 aliphatic heterocycles. The summed E-state index contributed by atoms with van der Waals surface area (Å²) in [6.45, 7) is 0.815. The van der Waals surface area contributed by atoms with Crippen molar-refractivity contribution in [1.82, 2.24) is 10.3 Å². The third kappa shape index (κ3) is 3.75. The molecule has 1 N–H and O–H groups in total. The molecule has 0 aromatic carbocycles. The van der Waals surface area contributed by atoms with Crippen LogP contribution in [-0.4, -0.2) is 23.9 Å². The van der Waals surface area contributed by atoms with Crippen molar-refractivity contribution in [3.63, 3.8) is 0 Å². The van der Waals surface area contributed by atoms with E-state index in [4.69, 9.17) is 0 Å². The molecule has 0 amide bonds. The smallest absolute Gasteiger partial charge is 0.305 e. The third-order valence-electron chi connectivity index (χ3n) is 1.65. The average Bonchev–Trinajstić information content (AvgIpc) is 2.51. The fourth-order valence-corrected chi connectivity index (χ4v) is 1.54. The summed E-state index contributed by atoms with van der Waals surface area (Å²) in [5.74, 6) is -3.98. The van der Waals surface area contributed by atoms with Gasteiger partial charge in [0.2, 0.25) is 0 Å². The topological polar surface area (TPSA) is 24.9 Å². The van der Waals surface area contributed by atoms with Crippen LogP contribution in [0.25, 0.3) is 0 Å². The molecule has 0 unspecified atom stereocenters. The fourth-order valence-electron chi connectivity index (χ4n) is 0.924. The van der Waals surface area contributed by atoms with Crippen LogP contribution >= 0.6 is 11.3 Å². The van der Waals surface area contributed by atoms with E-state index < -0.39 is 18.9 Å². The Hall–Kier alpha value is -0.690. The van der Waals surface area contributed by atoms with Gasteiger partial charge in [-0.15, -0.1) is 11.3 Å². The molecule has 15 heavy (non-hydrogen) atoms. The quantitative estimate of drug-likeness (QED) is 0.802. The normalized spacial score (nSPS) is 12.4. The summed E-state index contributed by atoms with van der Waals surface area (Å²) in [6.07, 6.45) is -3.64. The lowest BCUT2D eigenvalue weighted by Crippen LogP contribution is -2.38. The molecule has 1 aromatic heterocycles. The van der Waals surface area contributed by atoms with Crippen molar-refractivity contribution in [2.45, 2.75) is 25.8 Å². The van der Waals surface area contributed by atoms with Gasteiger partial charge in [0.1, 0.15) is 0 Å². The van der Waals surface area contributed by atoms with E-state index >= 15 is 0 Å². The molecule has 1 rings (SSSR count). The molecule has 0 spiro atoms. The molecular formula is C8H10F4N2S.